The van der Waals surface area contributed by atoms with Crippen LogP contribution in [0.1, 0.15) is 1.43 Å². The molecule has 0 aliphatic rings. The number of hydrogen-bond acceptors (Lipinski definition) is 2. The molecule has 0 atom stereocenters. The summed E-state index contributed by atoms with van der Waals surface area (Å²) in [4.78, 5) is 0. The Balaban J connectivity index is -0.00000000286. The standard InChI is InChI=1S/K.H2O4S.6H2O.H/c;1-5(2,3)4;;;;;;;/h;(H2,1,2,3,4);6*1H2;/q+1;;;;;;;;-1. The molecule has 12 heavy (non-hydrogen) atoms. The van der Waals surface area contributed by atoms with Gasteiger partial charge in [-0.25, -0.2) is 0 Å². The molecule has 0 aliphatic carbocycles. The predicted molar refractivity (Wildman–Crippen MR) is 37.0 cm³/mol. The normalized spacial score (nSPS) is 4.83. The van der Waals surface area contributed by atoms with Crippen LogP contribution in [0.3, 0.4) is 0 Å². The Morgan fingerprint density at radius 3 is 0.750 bits per heavy atom. The van der Waals surface area contributed by atoms with E-state index in [9.17, 15) is 0 Å². The van der Waals surface area contributed by atoms with E-state index in [2.05, 4.69) is 0 Å². The summed E-state index contributed by atoms with van der Waals surface area (Å²) in [6, 6.07) is 0. The van der Waals surface area contributed by atoms with Crippen molar-refractivity contribution in [2.45, 2.75) is 0 Å². The first kappa shape index (κ1) is 72.0. The van der Waals surface area contributed by atoms with Crippen molar-refractivity contribution < 1.29 is 103 Å². The zero-order valence-corrected chi connectivity index (χ0v) is 10.1. The Bertz CT molecular complexity index is 98.1. The molecule has 0 saturated heterocycles. The molecule has 82 valence electrons. The van der Waals surface area contributed by atoms with E-state index in [1.54, 1.807) is 0 Å². The fourth-order valence-corrected chi connectivity index (χ4v) is 0. The molecule has 10 nitrogen and oxygen atoms in total. The maximum Gasteiger partial charge on any atom is 1.00 e. The third kappa shape index (κ3) is 740. The van der Waals surface area contributed by atoms with Crippen molar-refractivity contribution in [2.24, 2.45) is 0 Å². The summed E-state index contributed by atoms with van der Waals surface area (Å²) in [5.41, 5.74) is 0. The van der Waals surface area contributed by atoms with E-state index < -0.39 is 10.4 Å². The molecule has 0 radical (unpaired) electrons. The molecule has 0 aromatic rings. The van der Waals surface area contributed by atoms with Crippen LogP contribution >= 0.6 is 0 Å². The minimum atomic E-state index is -4.67. The minimum absolute atomic E-state index is 0. The summed E-state index contributed by atoms with van der Waals surface area (Å²) < 4.78 is 31.6. The van der Waals surface area contributed by atoms with Gasteiger partial charge in [0.15, 0.2) is 0 Å². The minimum Gasteiger partial charge on any atom is -1.00 e. The predicted octanol–water partition coefficient (Wildman–Crippen LogP) is -8.48. The van der Waals surface area contributed by atoms with Gasteiger partial charge in [0.1, 0.15) is 0 Å². The fourth-order valence-electron chi connectivity index (χ4n) is 0. The van der Waals surface area contributed by atoms with E-state index in [4.69, 9.17) is 17.5 Å². The van der Waals surface area contributed by atoms with Crippen LogP contribution in [0.15, 0.2) is 0 Å². The maximum atomic E-state index is 8.74. The van der Waals surface area contributed by atoms with Gasteiger partial charge in [-0.1, -0.05) is 0 Å². The van der Waals surface area contributed by atoms with E-state index >= 15 is 0 Å². The van der Waals surface area contributed by atoms with Crippen LogP contribution in [0, 0.1) is 0 Å². The molecule has 0 aromatic heterocycles. The largest absolute Gasteiger partial charge is 1.00 e. The van der Waals surface area contributed by atoms with Crippen molar-refractivity contribution in [2.75, 3.05) is 0 Å². The molecule has 0 aliphatic heterocycles. The summed E-state index contributed by atoms with van der Waals surface area (Å²) in [6.45, 7) is 0. The average molecular weight is 246 g/mol. The van der Waals surface area contributed by atoms with Gasteiger partial charge >= 0.3 is 61.8 Å². The second kappa shape index (κ2) is 29.5. The first-order chi connectivity index (χ1) is 2.00. The molecule has 0 unspecified atom stereocenters. The van der Waals surface area contributed by atoms with Gasteiger partial charge in [0.2, 0.25) is 0 Å². The van der Waals surface area contributed by atoms with Crippen molar-refractivity contribution in [3.8, 4) is 0 Å². The van der Waals surface area contributed by atoms with Gasteiger partial charge in [-0.15, -0.1) is 0 Å². The first-order valence-corrected chi connectivity index (χ1v) is 2.10. The molecule has 0 fully saturated rings. The van der Waals surface area contributed by atoms with E-state index in [0.717, 1.165) is 0 Å². The quantitative estimate of drug-likeness (QED) is 0.311. The van der Waals surface area contributed by atoms with E-state index in [-0.39, 0.29) is 85.7 Å². The molecular weight excluding hydrogens is 231 g/mol. The van der Waals surface area contributed by atoms with E-state index in [1.807, 2.05) is 0 Å². The van der Waals surface area contributed by atoms with Crippen molar-refractivity contribution >= 4 is 10.4 Å². The van der Waals surface area contributed by atoms with Crippen LogP contribution in [0.2, 0.25) is 0 Å². The monoisotopic (exact) mass is 246 g/mol. The summed E-state index contributed by atoms with van der Waals surface area (Å²) >= 11 is 0. The second-order valence-corrected chi connectivity index (χ2v) is 1.34. The smallest absolute Gasteiger partial charge is 1.00 e. The van der Waals surface area contributed by atoms with Gasteiger partial charge in [-0.05, 0) is 0 Å². The van der Waals surface area contributed by atoms with Crippen LogP contribution < -0.4 is 51.4 Å². The van der Waals surface area contributed by atoms with Crippen molar-refractivity contribution in [1.82, 2.24) is 0 Å². The molecule has 0 saturated carbocycles. The Morgan fingerprint density at radius 2 is 0.750 bits per heavy atom. The van der Waals surface area contributed by atoms with Crippen LogP contribution in [-0.4, -0.2) is 50.4 Å². The Kier molecular flexibility index (Phi) is 177. The Morgan fingerprint density at radius 1 is 0.750 bits per heavy atom. The van der Waals surface area contributed by atoms with Crippen molar-refractivity contribution in [1.29, 1.82) is 0 Å². The number of hydrogen-bond donors (Lipinski definition) is 2. The zero-order chi connectivity index (χ0) is 4.50. The van der Waals surface area contributed by atoms with Crippen LogP contribution in [0.25, 0.3) is 0 Å². The zero-order valence-electron chi connectivity index (χ0n) is 7.12. The number of rotatable bonds is 0. The van der Waals surface area contributed by atoms with Gasteiger partial charge in [0.25, 0.3) is 0 Å². The molecule has 14 N–H and O–H groups in total. The third-order valence-corrected chi connectivity index (χ3v) is 0. The molecule has 0 spiro atoms. The Labute approximate surface area is 112 Å². The molecule has 0 amide bonds. The second-order valence-electron chi connectivity index (χ2n) is 0.448. The third-order valence-electron chi connectivity index (χ3n) is 0. The van der Waals surface area contributed by atoms with Gasteiger partial charge in [0.05, 0.1) is 0 Å². The average Bonchev–Trinajstić information content (AvgIpc) is 0.722. The maximum absolute atomic E-state index is 8.74. The summed E-state index contributed by atoms with van der Waals surface area (Å²) in [7, 11) is -4.67. The first-order valence-electron chi connectivity index (χ1n) is 0.698. The van der Waals surface area contributed by atoms with E-state index in [0.29, 0.717) is 0 Å². The molecule has 0 rings (SSSR count). The molecular formula is H15KO10S. The van der Waals surface area contributed by atoms with Gasteiger partial charge < -0.3 is 34.3 Å². The summed E-state index contributed by atoms with van der Waals surface area (Å²) in [5, 5.41) is 0. The Hall–Kier alpha value is 1.27. The molecule has 0 heterocycles. The van der Waals surface area contributed by atoms with Crippen LogP contribution in [-0.2, 0) is 10.4 Å². The van der Waals surface area contributed by atoms with Gasteiger partial charge in [-0.3, -0.25) is 9.11 Å². The van der Waals surface area contributed by atoms with Crippen molar-refractivity contribution in [3.05, 3.63) is 0 Å². The summed E-state index contributed by atoms with van der Waals surface area (Å²) in [5.74, 6) is 0. The van der Waals surface area contributed by atoms with Crippen LogP contribution in [0.4, 0.5) is 0 Å². The topological polar surface area (TPSA) is 264 Å². The fraction of sp³-hybridized carbons (Fsp3) is 0. The van der Waals surface area contributed by atoms with E-state index in [1.165, 1.54) is 0 Å². The van der Waals surface area contributed by atoms with Gasteiger partial charge in [0, 0.05) is 0 Å². The summed E-state index contributed by atoms with van der Waals surface area (Å²) in [6.07, 6.45) is 0. The van der Waals surface area contributed by atoms with Crippen LogP contribution in [0.5, 0.6) is 0 Å². The van der Waals surface area contributed by atoms with Gasteiger partial charge in [-0.2, -0.15) is 8.42 Å². The molecule has 12 heteroatoms. The van der Waals surface area contributed by atoms with Crippen molar-refractivity contribution in [3.63, 3.8) is 0 Å². The molecule has 0 bridgehead atoms. The SMILES string of the molecule is O.O.O.O.O.O.O=S(=O)(O)O.[H-].[K+]. The molecule has 0 aromatic carbocycles.